The van der Waals surface area contributed by atoms with Crippen LogP contribution in [0.25, 0.3) is 16.1 Å². The van der Waals surface area contributed by atoms with Gasteiger partial charge in [0.2, 0.25) is 0 Å². The molecule has 0 saturated carbocycles. The standard InChI is InChI=1S/C24H22N4OS/c1-16(17-9-11-20(12-10-17)28-15-25-14-26-28)27(2)24(29)22-13-19-8-7-18-5-3-4-6-21(18)23(19)30-22/h3-6,9-16H,7-8H2,1-2H3/t16-/m0/s1. The van der Waals surface area contributed by atoms with Crippen molar-refractivity contribution in [1.29, 1.82) is 0 Å². The molecule has 5 rings (SSSR count). The average Bonchev–Trinajstić information content (AvgIpc) is 3.48. The number of amides is 1. The van der Waals surface area contributed by atoms with Crippen LogP contribution >= 0.6 is 11.3 Å². The zero-order valence-corrected chi connectivity index (χ0v) is 17.8. The lowest BCUT2D eigenvalue weighted by Crippen LogP contribution is -2.29. The Labute approximate surface area is 179 Å². The second-order valence-electron chi connectivity index (χ2n) is 7.65. The molecule has 0 unspecified atom stereocenters. The number of aryl methyl sites for hydroxylation is 2. The van der Waals surface area contributed by atoms with Gasteiger partial charge in [-0.2, -0.15) is 5.10 Å². The molecule has 1 aliphatic carbocycles. The summed E-state index contributed by atoms with van der Waals surface area (Å²) in [6.45, 7) is 2.06. The van der Waals surface area contributed by atoms with Gasteiger partial charge in [0.25, 0.3) is 5.91 Å². The summed E-state index contributed by atoms with van der Waals surface area (Å²) in [4.78, 5) is 21.1. The summed E-state index contributed by atoms with van der Waals surface area (Å²) in [5.74, 6) is 0.0692. The summed E-state index contributed by atoms with van der Waals surface area (Å²) in [5.41, 5.74) is 5.98. The summed E-state index contributed by atoms with van der Waals surface area (Å²) in [6, 6.07) is 18.7. The smallest absolute Gasteiger partial charge is 0.264 e. The third-order valence-corrected chi connectivity index (χ3v) is 7.10. The van der Waals surface area contributed by atoms with E-state index in [4.69, 9.17) is 0 Å². The normalized spacial score (nSPS) is 13.4. The Morgan fingerprint density at radius 1 is 1.10 bits per heavy atom. The first kappa shape index (κ1) is 18.8. The Hall–Kier alpha value is -3.25. The Balaban J connectivity index is 1.37. The summed E-state index contributed by atoms with van der Waals surface area (Å²) in [6.07, 6.45) is 5.23. The number of aromatic nitrogens is 3. The number of carbonyl (C=O) groups excluding carboxylic acids is 1. The van der Waals surface area contributed by atoms with Gasteiger partial charge in [0.15, 0.2) is 0 Å². The van der Waals surface area contributed by atoms with E-state index in [0.717, 1.165) is 29.0 Å². The van der Waals surface area contributed by atoms with Crippen LogP contribution in [0.1, 0.15) is 39.3 Å². The molecule has 0 N–H and O–H groups in total. The van der Waals surface area contributed by atoms with Crippen LogP contribution in [0.3, 0.4) is 0 Å². The SMILES string of the molecule is C[C@@H](c1ccc(-n2cncn2)cc1)N(C)C(=O)c1cc2c(s1)-c1ccccc1CC2. The van der Waals surface area contributed by atoms with E-state index in [1.165, 1.54) is 27.9 Å². The maximum atomic E-state index is 13.3. The van der Waals surface area contributed by atoms with Crippen LogP contribution in [0.2, 0.25) is 0 Å². The van der Waals surface area contributed by atoms with Crippen molar-refractivity contribution in [3.05, 3.63) is 88.8 Å². The molecule has 0 spiro atoms. The lowest BCUT2D eigenvalue weighted by molar-refractivity contribution is 0.0747. The first-order valence-corrected chi connectivity index (χ1v) is 10.9. The van der Waals surface area contributed by atoms with E-state index in [9.17, 15) is 4.79 Å². The molecule has 0 bridgehead atoms. The van der Waals surface area contributed by atoms with E-state index in [2.05, 4.69) is 47.3 Å². The van der Waals surface area contributed by atoms with Gasteiger partial charge in [0.1, 0.15) is 12.7 Å². The second-order valence-corrected chi connectivity index (χ2v) is 8.70. The molecule has 30 heavy (non-hydrogen) atoms. The van der Waals surface area contributed by atoms with Crippen molar-refractivity contribution in [1.82, 2.24) is 19.7 Å². The topological polar surface area (TPSA) is 51.0 Å². The fourth-order valence-corrected chi connectivity index (χ4v) is 5.25. The van der Waals surface area contributed by atoms with Crippen molar-refractivity contribution in [2.75, 3.05) is 7.05 Å². The van der Waals surface area contributed by atoms with E-state index in [1.54, 1.807) is 22.3 Å². The third kappa shape index (κ3) is 3.23. The van der Waals surface area contributed by atoms with Crippen molar-refractivity contribution in [2.24, 2.45) is 0 Å². The molecule has 150 valence electrons. The minimum atomic E-state index is -0.0336. The molecule has 0 radical (unpaired) electrons. The van der Waals surface area contributed by atoms with E-state index >= 15 is 0 Å². The van der Waals surface area contributed by atoms with Gasteiger partial charge in [0, 0.05) is 11.9 Å². The number of thiophene rings is 1. The van der Waals surface area contributed by atoms with Crippen LogP contribution in [-0.4, -0.2) is 32.6 Å². The molecule has 0 aliphatic heterocycles. The molecule has 2 aromatic carbocycles. The molecule has 1 atom stereocenters. The van der Waals surface area contributed by atoms with Crippen molar-refractivity contribution in [3.63, 3.8) is 0 Å². The Morgan fingerprint density at radius 3 is 2.63 bits per heavy atom. The van der Waals surface area contributed by atoms with E-state index < -0.39 is 0 Å². The fourth-order valence-electron chi connectivity index (χ4n) is 4.00. The highest BCUT2D eigenvalue weighted by atomic mass is 32.1. The molecule has 4 aromatic rings. The molecule has 2 heterocycles. The maximum absolute atomic E-state index is 13.3. The van der Waals surface area contributed by atoms with Gasteiger partial charge in [-0.25, -0.2) is 9.67 Å². The van der Waals surface area contributed by atoms with Gasteiger partial charge in [-0.1, -0.05) is 36.4 Å². The highest BCUT2D eigenvalue weighted by Crippen LogP contribution is 2.40. The van der Waals surface area contributed by atoms with Crippen molar-refractivity contribution in [3.8, 4) is 16.1 Å². The highest BCUT2D eigenvalue weighted by Gasteiger charge is 2.25. The predicted octanol–water partition coefficient (Wildman–Crippen LogP) is 4.93. The summed E-state index contributed by atoms with van der Waals surface area (Å²) < 4.78 is 1.72. The maximum Gasteiger partial charge on any atom is 0.264 e. The number of rotatable bonds is 4. The lowest BCUT2D eigenvalue weighted by atomic mass is 9.91. The fraction of sp³-hybridized carbons (Fsp3) is 0.208. The third-order valence-electron chi connectivity index (χ3n) is 5.91. The molecule has 1 amide bonds. The van der Waals surface area contributed by atoms with Crippen LogP contribution in [0.5, 0.6) is 0 Å². The molecule has 0 fully saturated rings. The van der Waals surface area contributed by atoms with Crippen molar-refractivity contribution < 1.29 is 4.79 Å². The monoisotopic (exact) mass is 414 g/mol. The van der Waals surface area contributed by atoms with Crippen LogP contribution in [0.4, 0.5) is 0 Å². The largest absolute Gasteiger partial charge is 0.334 e. The Bertz CT molecular complexity index is 1190. The van der Waals surface area contributed by atoms with Crippen LogP contribution in [-0.2, 0) is 12.8 Å². The number of carbonyl (C=O) groups is 1. The molecular weight excluding hydrogens is 392 g/mol. The summed E-state index contributed by atoms with van der Waals surface area (Å²) >= 11 is 1.62. The van der Waals surface area contributed by atoms with Gasteiger partial charge in [-0.05, 0) is 60.2 Å². The highest BCUT2D eigenvalue weighted by molar-refractivity contribution is 7.17. The number of hydrogen-bond acceptors (Lipinski definition) is 4. The van der Waals surface area contributed by atoms with E-state index in [-0.39, 0.29) is 11.9 Å². The first-order valence-electron chi connectivity index (χ1n) is 10.0. The van der Waals surface area contributed by atoms with Gasteiger partial charge in [-0.3, -0.25) is 4.79 Å². The number of nitrogens with zero attached hydrogens (tertiary/aromatic N) is 4. The minimum Gasteiger partial charge on any atom is -0.334 e. The lowest BCUT2D eigenvalue weighted by Gasteiger charge is -2.25. The van der Waals surface area contributed by atoms with Gasteiger partial charge in [0.05, 0.1) is 16.6 Å². The van der Waals surface area contributed by atoms with Gasteiger partial charge >= 0.3 is 0 Å². The molecular formula is C24H22N4OS. The minimum absolute atomic E-state index is 0.0336. The Kier molecular flexibility index (Phi) is 4.71. The summed E-state index contributed by atoms with van der Waals surface area (Å²) in [5, 5.41) is 4.15. The average molecular weight is 415 g/mol. The zero-order chi connectivity index (χ0) is 20.7. The van der Waals surface area contributed by atoms with Crippen molar-refractivity contribution in [2.45, 2.75) is 25.8 Å². The predicted molar refractivity (Wildman–Crippen MR) is 119 cm³/mol. The number of benzene rings is 2. The van der Waals surface area contributed by atoms with E-state index in [0.29, 0.717) is 0 Å². The zero-order valence-electron chi connectivity index (χ0n) is 16.9. The second kappa shape index (κ2) is 7.54. The number of hydrogen-bond donors (Lipinski definition) is 0. The molecule has 5 nitrogen and oxygen atoms in total. The first-order chi connectivity index (χ1) is 14.6. The van der Waals surface area contributed by atoms with Crippen molar-refractivity contribution >= 4 is 17.2 Å². The summed E-state index contributed by atoms with van der Waals surface area (Å²) in [7, 11) is 1.88. The van der Waals surface area contributed by atoms with Crippen LogP contribution in [0.15, 0.2) is 67.3 Å². The van der Waals surface area contributed by atoms with Crippen LogP contribution in [0, 0.1) is 0 Å². The molecule has 0 saturated heterocycles. The molecule has 6 heteroatoms. The van der Waals surface area contributed by atoms with Gasteiger partial charge < -0.3 is 4.90 Å². The van der Waals surface area contributed by atoms with E-state index in [1.807, 2.05) is 36.2 Å². The number of fused-ring (bicyclic) bond motifs is 3. The molecule has 1 aliphatic rings. The van der Waals surface area contributed by atoms with Crippen LogP contribution < -0.4 is 0 Å². The Morgan fingerprint density at radius 2 is 1.87 bits per heavy atom. The quantitative estimate of drug-likeness (QED) is 0.476. The molecule has 2 aromatic heterocycles. The van der Waals surface area contributed by atoms with Gasteiger partial charge in [-0.15, -0.1) is 11.3 Å².